The summed E-state index contributed by atoms with van der Waals surface area (Å²) in [5.74, 6) is 1.20. The Kier molecular flexibility index (Phi) is 3.77. The zero-order valence-electron chi connectivity index (χ0n) is 10.1. The molecule has 0 spiro atoms. The van der Waals surface area contributed by atoms with Crippen LogP contribution in [0.4, 0.5) is 5.13 Å². The highest BCUT2D eigenvalue weighted by Gasteiger charge is 2.28. The molecule has 1 aliphatic heterocycles. The molecule has 1 saturated heterocycles. The number of anilines is 1. The van der Waals surface area contributed by atoms with E-state index in [-0.39, 0.29) is 0 Å². The average molecular weight is 257 g/mol. The Hall–Kier alpha value is -0.260. The maximum Gasteiger partial charge on any atom is 0.185 e. The largest absolute Gasteiger partial charge is 0.346 e. The molecule has 90 valence electrons. The van der Waals surface area contributed by atoms with Crippen molar-refractivity contribution in [3.63, 3.8) is 0 Å². The zero-order chi connectivity index (χ0) is 11.6. The summed E-state index contributed by atoms with van der Waals surface area (Å²) in [7, 11) is 1.97. The fourth-order valence-electron chi connectivity index (χ4n) is 1.88. The number of thioether (sulfide) groups is 1. The predicted octanol–water partition coefficient (Wildman–Crippen LogP) is 2.19. The Labute approximate surface area is 106 Å². The van der Waals surface area contributed by atoms with E-state index in [1.807, 2.05) is 24.6 Å². The van der Waals surface area contributed by atoms with Gasteiger partial charge in [-0.25, -0.2) is 4.98 Å². The fraction of sp³-hybridized carbons (Fsp3) is 0.727. The van der Waals surface area contributed by atoms with Crippen LogP contribution in [0.25, 0.3) is 0 Å². The molecule has 0 saturated carbocycles. The lowest BCUT2D eigenvalue weighted by atomic mass is 10.2. The lowest BCUT2D eigenvalue weighted by Gasteiger charge is -2.37. The quantitative estimate of drug-likeness (QED) is 0.898. The number of hydrogen-bond acceptors (Lipinski definition) is 5. The Morgan fingerprint density at radius 2 is 2.38 bits per heavy atom. The molecule has 0 radical (unpaired) electrons. The second kappa shape index (κ2) is 4.94. The summed E-state index contributed by atoms with van der Waals surface area (Å²) in [5, 5.41) is 4.34. The molecule has 2 rings (SSSR count). The smallest absolute Gasteiger partial charge is 0.185 e. The summed E-state index contributed by atoms with van der Waals surface area (Å²) in [6.07, 6.45) is 1.99. The minimum absolute atomic E-state index is 0.354. The summed E-state index contributed by atoms with van der Waals surface area (Å²) in [5.41, 5.74) is 0. The Morgan fingerprint density at radius 1 is 1.56 bits per heavy atom. The SMILES string of the molecule is CNCc1cnc(N2CCSC(C)(C)C2)s1. The lowest BCUT2D eigenvalue weighted by molar-refractivity contribution is 0.646. The van der Waals surface area contributed by atoms with Gasteiger partial charge in [-0.2, -0.15) is 11.8 Å². The highest BCUT2D eigenvalue weighted by Crippen LogP contribution is 2.33. The molecule has 0 atom stereocenters. The maximum absolute atomic E-state index is 4.52. The molecule has 3 nitrogen and oxygen atoms in total. The molecular formula is C11H19N3S2. The van der Waals surface area contributed by atoms with E-state index in [9.17, 15) is 0 Å². The fourth-order valence-corrected chi connectivity index (χ4v) is 3.94. The van der Waals surface area contributed by atoms with E-state index in [1.165, 1.54) is 15.8 Å². The second-order valence-electron chi connectivity index (χ2n) is 4.67. The Morgan fingerprint density at radius 3 is 3.06 bits per heavy atom. The molecule has 1 aliphatic rings. The van der Waals surface area contributed by atoms with Gasteiger partial charge in [-0.1, -0.05) is 0 Å². The van der Waals surface area contributed by atoms with E-state index >= 15 is 0 Å². The van der Waals surface area contributed by atoms with Crippen LogP contribution in [-0.4, -0.2) is 35.6 Å². The molecule has 16 heavy (non-hydrogen) atoms. The summed E-state index contributed by atoms with van der Waals surface area (Å²) >= 11 is 3.87. The van der Waals surface area contributed by atoms with Crippen LogP contribution in [0.3, 0.4) is 0 Å². The van der Waals surface area contributed by atoms with E-state index in [2.05, 4.69) is 40.8 Å². The van der Waals surface area contributed by atoms with Gasteiger partial charge in [0, 0.05) is 41.2 Å². The molecule has 2 heterocycles. The third-order valence-electron chi connectivity index (χ3n) is 2.59. The molecular weight excluding hydrogens is 238 g/mol. The van der Waals surface area contributed by atoms with Crippen LogP contribution in [0.2, 0.25) is 0 Å². The number of thiazole rings is 1. The molecule has 0 aliphatic carbocycles. The van der Waals surface area contributed by atoms with Crippen molar-refractivity contribution >= 4 is 28.2 Å². The highest BCUT2D eigenvalue weighted by molar-refractivity contribution is 8.00. The third kappa shape index (κ3) is 2.90. The van der Waals surface area contributed by atoms with Crippen molar-refractivity contribution in [1.29, 1.82) is 0 Å². The molecule has 0 bridgehead atoms. The van der Waals surface area contributed by atoms with Gasteiger partial charge in [-0.3, -0.25) is 0 Å². The van der Waals surface area contributed by atoms with Crippen molar-refractivity contribution in [3.05, 3.63) is 11.1 Å². The lowest BCUT2D eigenvalue weighted by Crippen LogP contribution is -2.43. The van der Waals surface area contributed by atoms with Gasteiger partial charge in [0.1, 0.15) is 0 Å². The van der Waals surface area contributed by atoms with Gasteiger partial charge in [0.15, 0.2) is 5.13 Å². The summed E-state index contributed by atoms with van der Waals surface area (Å²) in [6, 6.07) is 0. The normalized spacial score (nSPS) is 20.1. The predicted molar refractivity (Wildman–Crippen MR) is 73.6 cm³/mol. The molecule has 0 aromatic carbocycles. The van der Waals surface area contributed by atoms with Gasteiger partial charge in [0.25, 0.3) is 0 Å². The minimum Gasteiger partial charge on any atom is -0.346 e. The van der Waals surface area contributed by atoms with Crippen LogP contribution in [0.15, 0.2) is 6.20 Å². The Bertz CT molecular complexity index is 349. The molecule has 1 aromatic heterocycles. The van der Waals surface area contributed by atoms with Gasteiger partial charge < -0.3 is 10.2 Å². The summed E-state index contributed by atoms with van der Waals surface area (Å²) in [6.45, 7) is 7.77. The van der Waals surface area contributed by atoms with Crippen molar-refractivity contribution < 1.29 is 0 Å². The van der Waals surface area contributed by atoms with Crippen LogP contribution in [0.5, 0.6) is 0 Å². The van der Waals surface area contributed by atoms with Crippen molar-refractivity contribution in [2.75, 3.05) is 30.8 Å². The van der Waals surface area contributed by atoms with Crippen LogP contribution < -0.4 is 10.2 Å². The number of nitrogens with zero attached hydrogens (tertiary/aromatic N) is 2. The first kappa shape index (κ1) is 12.2. The number of hydrogen-bond donors (Lipinski definition) is 1. The maximum atomic E-state index is 4.52. The first-order valence-electron chi connectivity index (χ1n) is 5.59. The summed E-state index contributed by atoms with van der Waals surface area (Å²) < 4.78 is 0.354. The molecule has 0 unspecified atom stereocenters. The number of nitrogens with one attached hydrogen (secondary N) is 1. The molecule has 1 aromatic rings. The van der Waals surface area contributed by atoms with Crippen LogP contribution in [-0.2, 0) is 6.54 Å². The van der Waals surface area contributed by atoms with Crippen LogP contribution in [0, 0.1) is 0 Å². The first-order valence-corrected chi connectivity index (χ1v) is 7.39. The van der Waals surface area contributed by atoms with Crippen molar-refractivity contribution in [3.8, 4) is 0 Å². The number of rotatable bonds is 3. The van der Waals surface area contributed by atoms with E-state index in [1.54, 1.807) is 0 Å². The average Bonchev–Trinajstić information content (AvgIpc) is 2.65. The standard InChI is InChI=1S/C11H19N3S2/c1-11(2)8-14(4-5-15-11)10-13-7-9(16-10)6-12-3/h7,12H,4-6,8H2,1-3H3. The van der Waals surface area contributed by atoms with Crippen LogP contribution in [0.1, 0.15) is 18.7 Å². The number of aromatic nitrogens is 1. The van der Waals surface area contributed by atoms with E-state index in [4.69, 9.17) is 0 Å². The van der Waals surface area contributed by atoms with Crippen molar-refractivity contribution in [1.82, 2.24) is 10.3 Å². The molecule has 1 N–H and O–H groups in total. The molecule has 5 heteroatoms. The van der Waals surface area contributed by atoms with Crippen LogP contribution >= 0.6 is 23.1 Å². The van der Waals surface area contributed by atoms with E-state index < -0.39 is 0 Å². The third-order valence-corrected chi connectivity index (χ3v) is 4.94. The summed E-state index contributed by atoms with van der Waals surface area (Å²) in [4.78, 5) is 8.25. The van der Waals surface area contributed by atoms with E-state index in [0.29, 0.717) is 4.75 Å². The molecule has 0 amide bonds. The van der Waals surface area contributed by atoms with Gasteiger partial charge >= 0.3 is 0 Å². The highest BCUT2D eigenvalue weighted by atomic mass is 32.2. The van der Waals surface area contributed by atoms with Gasteiger partial charge in [-0.15, -0.1) is 11.3 Å². The molecule has 1 fully saturated rings. The van der Waals surface area contributed by atoms with Crippen molar-refractivity contribution in [2.24, 2.45) is 0 Å². The van der Waals surface area contributed by atoms with E-state index in [0.717, 1.165) is 19.6 Å². The minimum atomic E-state index is 0.354. The second-order valence-corrected chi connectivity index (χ2v) is 7.56. The van der Waals surface area contributed by atoms with Gasteiger partial charge in [0.05, 0.1) is 0 Å². The Balaban J connectivity index is 2.05. The van der Waals surface area contributed by atoms with Gasteiger partial charge in [0.2, 0.25) is 0 Å². The van der Waals surface area contributed by atoms with Gasteiger partial charge in [-0.05, 0) is 20.9 Å². The van der Waals surface area contributed by atoms with Crippen molar-refractivity contribution in [2.45, 2.75) is 25.1 Å². The topological polar surface area (TPSA) is 28.2 Å². The zero-order valence-corrected chi connectivity index (χ0v) is 11.7. The monoisotopic (exact) mass is 257 g/mol. The first-order chi connectivity index (χ1) is 7.61.